The molecular weight excluding hydrogens is 206 g/mol. The lowest BCUT2D eigenvalue weighted by atomic mass is 9.82. The summed E-state index contributed by atoms with van der Waals surface area (Å²) in [6, 6.07) is 1.84. The number of nitrogens with zero attached hydrogens (tertiary/aromatic N) is 2. The van der Waals surface area contributed by atoms with Crippen molar-refractivity contribution in [2.24, 2.45) is 5.92 Å². The molecule has 0 atom stereocenters. The molecule has 1 aromatic heterocycles. The summed E-state index contributed by atoms with van der Waals surface area (Å²) in [4.78, 5) is 11.4. The highest BCUT2D eigenvalue weighted by atomic mass is 16.3. The monoisotopic (exact) mass is 223 g/mol. The van der Waals surface area contributed by atoms with E-state index >= 15 is 0 Å². The van der Waals surface area contributed by atoms with Crippen LogP contribution in [-0.4, -0.2) is 33.4 Å². The maximum Gasteiger partial charge on any atom is 0.221 e. The Morgan fingerprint density at radius 1 is 1.56 bits per heavy atom. The molecule has 5 heteroatoms. The Morgan fingerprint density at radius 3 is 3.00 bits per heavy atom. The van der Waals surface area contributed by atoms with Crippen LogP contribution < -0.4 is 5.32 Å². The predicted molar refractivity (Wildman–Crippen MR) is 58.6 cm³/mol. The summed E-state index contributed by atoms with van der Waals surface area (Å²) in [5, 5.41) is 16.0. The van der Waals surface area contributed by atoms with Crippen molar-refractivity contribution in [3.63, 3.8) is 0 Å². The fourth-order valence-corrected chi connectivity index (χ4v) is 1.86. The van der Waals surface area contributed by atoms with Gasteiger partial charge in [-0.05, 0) is 24.8 Å². The molecular formula is C11H17N3O2. The van der Waals surface area contributed by atoms with Gasteiger partial charge in [0, 0.05) is 31.9 Å². The number of nitrogens with one attached hydrogen (secondary N) is 1. The summed E-state index contributed by atoms with van der Waals surface area (Å²) < 4.78 is 1.74. The van der Waals surface area contributed by atoms with Crippen LogP contribution in [0.2, 0.25) is 0 Å². The van der Waals surface area contributed by atoms with Crippen molar-refractivity contribution in [3.05, 3.63) is 18.5 Å². The van der Waals surface area contributed by atoms with Gasteiger partial charge in [0.1, 0.15) is 0 Å². The minimum Gasteiger partial charge on any atom is -0.393 e. The molecule has 16 heavy (non-hydrogen) atoms. The number of carbonyl (C=O) groups is 1. The third-order valence-electron chi connectivity index (χ3n) is 2.93. The standard InChI is InChI=1S/C11H17N3O2/c15-10-6-9(7-10)8-12-11(16)2-5-14-4-1-3-13-14/h1,3-4,9-10,15H,2,5-8H2,(H,12,16). The molecule has 5 nitrogen and oxygen atoms in total. The third-order valence-corrected chi connectivity index (χ3v) is 2.93. The van der Waals surface area contributed by atoms with Crippen LogP contribution in [0, 0.1) is 5.92 Å². The Labute approximate surface area is 94.5 Å². The number of amides is 1. The Bertz CT molecular complexity index is 331. The molecule has 1 fully saturated rings. The summed E-state index contributed by atoms with van der Waals surface area (Å²) >= 11 is 0. The number of aliphatic hydroxyl groups excluding tert-OH is 1. The Kier molecular flexibility index (Phi) is 3.56. The summed E-state index contributed by atoms with van der Waals surface area (Å²) in [6.07, 6.45) is 5.49. The largest absolute Gasteiger partial charge is 0.393 e. The number of aryl methyl sites for hydroxylation is 1. The number of hydrogen-bond donors (Lipinski definition) is 2. The van der Waals surface area contributed by atoms with Crippen LogP contribution in [0.3, 0.4) is 0 Å². The highest BCUT2D eigenvalue weighted by Gasteiger charge is 2.26. The van der Waals surface area contributed by atoms with Gasteiger partial charge in [-0.1, -0.05) is 0 Å². The van der Waals surface area contributed by atoms with Gasteiger partial charge in [-0.25, -0.2) is 0 Å². The molecule has 0 bridgehead atoms. The second kappa shape index (κ2) is 5.12. The fourth-order valence-electron chi connectivity index (χ4n) is 1.86. The molecule has 0 aromatic carbocycles. The highest BCUT2D eigenvalue weighted by Crippen LogP contribution is 2.25. The number of carbonyl (C=O) groups excluding carboxylic acids is 1. The molecule has 2 rings (SSSR count). The van der Waals surface area contributed by atoms with E-state index in [1.807, 2.05) is 12.3 Å². The molecule has 0 unspecified atom stereocenters. The normalized spacial score (nSPS) is 23.8. The molecule has 0 radical (unpaired) electrons. The second-order valence-corrected chi connectivity index (χ2v) is 4.31. The summed E-state index contributed by atoms with van der Waals surface area (Å²) in [5.41, 5.74) is 0. The van der Waals surface area contributed by atoms with Crippen molar-refractivity contribution in [3.8, 4) is 0 Å². The first-order chi connectivity index (χ1) is 7.74. The van der Waals surface area contributed by atoms with Gasteiger partial charge in [0.05, 0.1) is 6.10 Å². The van der Waals surface area contributed by atoms with Crippen molar-refractivity contribution in [2.45, 2.75) is 31.9 Å². The van der Waals surface area contributed by atoms with Crippen LogP contribution >= 0.6 is 0 Å². The first-order valence-electron chi connectivity index (χ1n) is 5.66. The SMILES string of the molecule is O=C(CCn1cccn1)NCC1CC(O)C1. The average molecular weight is 223 g/mol. The second-order valence-electron chi connectivity index (χ2n) is 4.31. The molecule has 1 aromatic rings. The van der Waals surface area contributed by atoms with E-state index < -0.39 is 0 Å². The predicted octanol–water partition coefficient (Wildman–Crippen LogP) is 0.160. The van der Waals surface area contributed by atoms with Gasteiger partial charge in [-0.3, -0.25) is 9.48 Å². The van der Waals surface area contributed by atoms with Gasteiger partial charge in [0.15, 0.2) is 0 Å². The van der Waals surface area contributed by atoms with E-state index in [1.165, 1.54) is 0 Å². The fraction of sp³-hybridized carbons (Fsp3) is 0.636. The minimum atomic E-state index is -0.147. The van der Waals surface area contributed by atoms with Crippen LogP contribution in [0.4, 0.5) is 0 Å². The van der Waals surface area contributed by atoms with E-state index in [9.17, 15) is 4.79 Å². The molecule has 0 spiro atoms. The van der Waals surface area contributed by atoms with Gasteiger partial charge < -0.3 is 10.4 Å². The van der Waals surface area contributed by atoms with Gasteiger partial charge >= 0.3 is 0 Å². The molecule has 1 heterocycles. The minimum absolute atomic E-state index is 0.0527. The quantitative estimate of drug-likeness (QED) is 0.747. The first-order valence-corrected chi connectivity index (χ1v) is 5.66. The zero-order chi connectivity index (χ0) is 11.4. The van der Waals surface area contributed by atoms with Crippen LogP contribution in [0.15, 0.2) is 18.5 Å². The van der Waals surface area contributed by atoms with Gasteiger partial charge in [-0.15, -0.1) is 0 Å². The number of aromatic nitrogens is 2. The summed E-state index contributed by atoms with van der Waals surface area (Å²) in [5.74, 6) is 0.514. The lowest BCUT2D eigenvalue weighted by molar-refractivity contribution is -0.121. The van der Waals surface area contributed by atoms with Crippen molar-refractivity contribution in [1.29, 1.82) is 0 Å². The van der Waals surface area contributed by atoms with Crippen LogP contribution in [0.25, 0.3) is 0 Å². The summed E-state index contributed by atoms with van der Waals surface area (Å²) in [6.45, 7) is 1.31. The molecule has 0 saturated heterocycles. The number of rotatable bonds is 5. The molecule has 88 valence electrons. The van der Waals surface area contributed by atoms with E-state index in [0.29, 0.717) is 25.4 Å². The average Bonchev–Trinajstić information content (AvgIpc) is 2.72. The number of aliphatic hydroxyl groups is 1. The lowest BCUT2D eigenvalue weighted by Gasteiger charge is -2.31. The summed E-state index contributed by atoms with van der Waals surface area (Å²) in [7, 11) is 0. The van der Waals surface area contributed by atoms with Crippen molar-refractivity contribution >= 4 is 5.91 Å². The van der Waals surface area contributed by atoms with Gasteiger partial charge in [0.2, 0.25) is 5.91 Å². The van der Waals surface area contributed by atoms with Gasteiger partial charge in [-0.2, -0.15) is 5.10 Å². The van der Waals surface area contributed by atoms with Crippen LogP contribution in [0.1, 0.15) is 19.3 Å². The van der Waals surface area contributed by atoms with Crippen molar-refractivity contribution in [2.75, 3.05) is 6.54 Å². The van der Waals surface area contributed by atoms with E-state index in [4.69, 9.17) is 5.11 Å². The molecule has 1 saturated carbocycles. The molecule has 1 aliphatic carbocycles. The van der Waals surface area contributed by atoms with Crippen LogP contribution in [-0.2, 0) is 11.3 Å². The third kappa shape index (κ3) is 3.06. The van der Waals surface area contributed by atoms with Crippen LogP contribution in [0.5, 0.6) is 0 Å². The van der Waals surface area contributed by atoms with E-state index in [0.717, 1.165) is 12.8 Å². The van der Waals surface area contributed by atoms with Gasteiger partial charge in [0.25, 0.3) is 0 Å². The first kappa shape index (κ1) is 11.1. The zero-order valence-electron chi connectivity index (χ0n) is 9.17. The lowest BCUT2D eigenvalue weighted by Crippen LogP contribution is -2.38. The zero-order valence-corrected chi connectivity index (χ0v) is 9.17. The molecule has 1 aliphatic rings. The maximum atomic E-state index is 11.4. The van der Waals surface area contributed by atoms with E-state index in [-0.39, 0.29) is 12.0 Å². The Balaban J connectivity index is 1.58. The molecule has 2 N–H and O–H groups in total. The highest BCUT2D eigenvalue weighted by molar-refractivity contribution is 5.75. The topological polar surface area (TPSA) is 67.2 Å². The maximum absolute atomic E-state index is 11.4. The van der Waals surface area contributed by atoms with E-state index in [2.05, 4.69) is 10.4 Å². The number of hydrogen-bond acceptors (Lipinski definition) is 3. The molecule has 1 amide bonds. The van der Waals surface area contributed by atoms with Crippen molar-refractivity contribution < 1.29 is 9.90 Å². The smallest absolute Gasteiger partial charge is 0.221 e. The Morgan fingerprint density at radius 2 is 2.38 bits per heavy atom. The Hall–Kier alpha value is -1.36. The van der Waals surface area contributed by atoms with E-state index in [1.54, 1.807) is 10.9 Å². The molecule has 0 aliphatic heterocycles. The van der Waals surface area contributed by atoms with Crippen molar-refractivity contribution in [1.82, 2.24) is 15.1 Å².